The van der Waals surface area contributed by atoms with E-state index >= 15 is 0 Å². The van der Waals surface area contributed by atoms with Gasteiger partial charge in [-0.3, -0.25) is 4.79 Å². The van der Waals surface area contributed by atoms with E-state index in [0.717, 1.165) is 18.2 Å². The molecule has 0 bridgehead atoms. The molecule has 0 heterocycles. The van der Waals surface area contributed by atoms with Gasteiger partial charge in [0.2, 0.25) is 5.91 Å². The number of halogens is 2. The first-order valence-corrected chi connectivity index (χ1v) is 7.87. The molecule has 128 valence electrons. The summed E-state index contributed by atoms with van der Waals surface area (Å²) < 4.78 is 32.1. The van der Waals surface area contributed by atoms with Crippen LogP contribution in [0, 0.1) is 23.5 Å². The van der Waals surface area contributed by atoms with Gasteiger partial charge in [-0.05, 0) is 42.0 Å². The van der Waals surface area contributed by atoms with Crippen LogP contribution in [0.5, 0.6) is 0 Å². The van der Waals surface area contributed by atoms with Gasteiger partial charge in [0.1, 0.15) is 11.6 Å². The Labute approximate surface area is 134 Å². The predicted molar refractivity (Wildman–Crippen MR) is 81.9 cm³/mol. The van der Waals surface area contributed by atoms with Gasteiger partial charge in [0.05, 0.1) is 12.7 Å². The zero-order valence-corrected chi connectivity index (χ0v) is 13.4. The third-order valence-corrected chi connectivity index (χ3v) is 3.76. The first-order valence-electron chi connectivity index (χ1n) is 7.87. The van der Waals surface area contributed by atoms with Crippen LogP contribution in [0.3, 0.4) is 0 Å². The molecule has 6 heteroatoms. The summed E-state index contributed by atoms with van der Waals surface area (Å²) in [5, 5.41) is 12.4. The molecule has 1 fully saturated rings. The number of aliphatic hydroxyl groups is 1. The van der Waals surface area contributed by atoms with Gasteiger partial charge in [-0.15, -0.1) is 0 Å². The zero-order chi connectivity index (χ0) is 17.0. The summed E-state index contributed by atoms with van der Waals surface area (Å²) in [5.74, 6) is -1.53. The highest BCUT2D eigenvalue weighted by atomic mass is 19.1. The molecular formula is C17H23F2NO3. The largest absolute Gasteiger partial charge is 0.389 e. The molecule has 1 aromatic carbocycles. The van der Waals surface area contributed by atoms with E-state index in [2.05, 4.69) is 5.32 Å². The van der Waals surface area contributed by atoms with Crippen LogP contribution in [-0.4, -0.2) is 36.9 Å². The number of aliphatic hydroxyl groups excluding tert-OH is 1. The van der Waals surface area contributed by atoms with Crippen molar-refractivity contribution in [3.8, 4) is 0 Å². The van der Waals surface area contributed by atoms with Crippen LogP contribution in [0.25, 0.3) is 0 Å². The summed E-state index contributed by atoms with van der Waals surface area (Å²) in [7, 11) is 0. The summed E-state index contributed by atoms with van der Waals surface area (Å²) in [6, 6.07) is 3.28. The topological polar surface area (TPSA) is 58.6 Å². The smallest absolute Gasteiger partial charge is 0.223 e. The van der Waals surface area contributed by atoms with E-state index in [1.165, 1.54) is 0 Å². The first-order chi connectivity index (χ1) is 10.9. The van der Waals surface area contributed by atoms with E-state index in [9.17, 15) is 18.7 Å². The van der Waals surface area contributed by atoms with Crippen molar-refractivity contribution in [2.45, 2.75) is 32.3 Å². The highest BCUT2D eigenvalue weighted by Crippen LogP contribution is 2.48. The Morgan fingerprint density at radius 3 is 2.83 bits per heavy atom. The van der Waals surface area contributed by atoms with Crippen molar-refractivity contribution in [3.05, 3.63) is 35.4 Å². The molecule has 1 aliphatic rings. The minimum absolute atomic E-state index is 0.0891. The molecule has 1 amide bonds. The Morgan fingerprint density at radius 2 is 2.13 bits per heavy atom. The van der Waals surface area contributed by atoms with Crippen molar-refractivity contribution in [1.82, 2.24) is 5.32 Å². The SMILES string of the molecule is CC(C)COCC(O)CNC(=O)C1CC1c1cc(F)ccc1F. The standard InChI is InChI=1S/C17H23F2NO3/c1-10(2)8-23-9-12(21)7-20-17(22)15-6-13(15)14-5-11(18)3-4-16(14)19/h3-5,10,12-13,15,21H,6-9H2,1-2H3,(H,20,22). The minimum atomic E-state index is -0.777. The molecule has 1 aliphatic carbocycles. The third kappa shape index (κ3) is 5.25. The maximum Gasteiger partial charge on any atom is 0.223 e. The molecular weight excluding hydrogens is 304 g/mol. The molecule has 0 saturated heterocycles. The van der Waals surface area contributed by atoms with Gasteiger partial charge in [0.25, 0.3) is 0 Å². The fraction of sp³-hybridized carbons (Fsp3) is 0.588. The van der Waals surface area contributed by atoms with Gasteiger partial charge in [-0.2, -0.15) is 0 Å². The summed E-state index contributed by atoms with van der Waals surface area (Å²) in [6.45, 7) is 4.81. The van der Waals surface area contributed by atoms with Crippen LogP contribution < -0.4 is 5.32 Å². The lowest BCUT2D eigenvalue weighted by Gasteiger charge is -2.13. The van der Waals surface area contributed by atoms with E-state index in [1.807, 2.05) is 13.8 Å². The Balaban J connectivity index is 1.74. The molecule has 1 saturated carbocycles. The third-order valence-electron chi connectivity index (χ3n) is 3.76. The Hall–Kier alpha value is -1.53. The molecule has 3 atom stereocenters. The number of benzene rings is 1. The monoisotopic (exact) mass is 327 g/mol. The van der Waals surface area contributed by atoms with Gasteiger partial charge in [0, 0.05) is 19.1 Å². The van der Waals surface area contributed by atoms with Crippen molar-refractivity contribution in [1.29, 1.82) is 0 Å². The molecule has 23 heavy (non-hydrogen) atoms. The van der Waals surface area contributed by atoms with Crippen LogP contribution in [0.4, 0.5) is 8.78 Å². The Kier molecular flexibility index (Phi) is 6.07. The zero-order valence-electron chi connectivity index (χ0n) is 13.4. The van der Waals surface area contributed by atoms with Crippen molar-refractivity contribution < 1.29 is 23.4 Å². The molecule has 0 aliphatic heterocycles. The van der Waals surface area contributed by atoms with E-state index < -0.39 is 17.7 Å². The molecule has 2 N–H and O–H groups in total. The van der Waals surface area contributed by atoms with Gasteiger partial charge in [-0.1, -0.05) is 13.8 Å². The summed E-state index contributed by atoms with van der Waals surface area (Å²) in [4.78, 5) is 12.0. The predicted octanol–water partition coefficient (Wildman–Crippen LogP) is 2.22. The summed E-state index contributed by atoms with van der Waals surface area (Å²) in [6.07, 6.45) is -0.285. The van der Waals surface area contributed by atoms with Crippen LogP contribution in [-0.2, 0) is 9.53 Å². The maximum absolute atomic E-state index is 13.7. The average molecular weight is 327 g/mol. The van der Waals surface area contributed by atoms with Gasteiger partial charge in [-0.25, -0.2) is 8.78 Å². The normalized spacial score (nSPS) is 21.3. The lowest BCUT2D eigenvalue weighted by molar-refractivity contribution is -0.123. The highest BCUT2D eigenvalue weighted by Gasteiger charge is 2.45. The Bertz CT molecular complexity index is 551. The molecule has 2 rings (SSSR count). The number of hydrogen-bond acceptors (Lipinski definition) is 3. The van der Waals surface area contributed by atoms with E-state index in [1.54, 1.807) is 0 Å². The second kappa shape index (κ2) is 7.84. The van der Waals surface area contributed by atoms with Crippen molar-refractivity contribution >= 4 is 5.91 Å². The molecule has 0 radical (unpaired) electrons. The van der Waals surface area contributed by atoms with E-state index in [-0.39, 0.29) is 36.5 Å². The van der Waals surface area contributed by atoms with E-state index in [0.29, 0.717) is 18.9 Å². The van der Waals surface area contributed by atoms with Gasteiger partial charge < -0.3 is 15.2 Å². The highest BCUT2D eigenvalue weighted by molar-refractivity contribution is 5.82. The number of carbonyl (C=O) groups is 1. The lowest BCUT2D eigenvalue weighted by atomic mass is 10.1. The van der Waals surface area contributed by atoms with E-state index in [4.69, 9.17) is 4.74 Å². The number of hydrogen-bond donors (Lipinski definition) is 2. The lowest BCUT2D eigenvalue weighted by Crippen LogP contribution is -2.35. The van der Waals surface area contributed by atoms with Crippen molar-refractivity contribution in [3.63, 3.8) is 0 Å². The number of amides is 1. The van der Waals surface area contributed by atoms with Crippen molar-refractivity contribution in [2.75, 3.05) is 19.8 Å². The number of nitrogens with one attached hydrogen (secondary N) is 1. The van der Waals surface area contributed by atoms with Crippen LogP contribution in [0.1, 0.15) is 31.7 Å². The van der Waals surface area contributed by atoms with Crippen LogP contribution in [0.2, 0.25) is 0 Å². The second-order valence-corrected chi connectivity index (χ2v) is 6.44. The average Bonchev–Trinajstić information content (AvgIpc) is 3.27. The summed E-state index contributed by atoms with van der Waals surface area (Å²) >= 11 is 0. The van der Waals surface area contributed by atoms with Crippen LogP contribution >= 0.6 is 0 Å². The first kappa shape index (κ1) is 17.8. The molecule has 0 aromatic heterocycles. The second-order valence-electron chi connectivity index (χ2n) is 6.44. The number of carbonyl (C=O) groups excluding carboxylic acids is 1. The Morgan fingerprint density at radius 1 is 1.39 bits per heavy atom. The number of ether oxygens (including phenoxy) is 1. The quantitative estimate of drug-likeness (QED) is 0.770. The molecule has 3 unspecified atom stereocenters. The summed E-state index contributed by atoms with van der Waals surface area (Å²) in [5.41, 5.74) is 0.242. The minimum Gasteiger partial charge on any atom is -0.389 e. The van der Waals surface area contributed by atoms with Crippen molar-refractivity contribution in [2.24, 2.45) is 11.8 Å². The molecule has 0 spiro atoms. The van der Waals surface area contributed by atoms with Gasteiger partial charge in [0.15, 0.2) is 0 Å². The number of rotatable bonds is 8. The fourth-order valence-electron chi connectivity index (χ4n) is 2.48. The molecule has 4 nitrogen and oxygen atoms in total. The molecule has 1 aromatic rings. The maximum atomic E-state index is 13.7. The van der Waals surface area contributed by atoms with Gasteiger partial charge >= 0.3 is 0 Å². The fourth-order valence-corrected chi connectivity index (χ4v) is 2.48. The van der Waals surface area contributed by atoms with Crippen LogP contribution in [0.15, 0.2) is 18.2 Å².